The Labute approximate surface area is 200 Å². The molecule has 0 aromatic heterocycles. The monoisotopic (exact) mass is 458 g/mol. The Bertz CT molecular complexity index is 1200. The Morgan fingerprint density at radius 3 is 2.32 bits per heavy atom. The van der Waals surface area contributed by atoms with Crippen molar-refractivity contribution in [1.29, 1.82) is 0 Å². The van der Waals surface area contributed by atoms with E-state index in [4.69, 9.17) is 9.47 Å². The Balaban J connectivity index is 1.68. The van der Waals surface area contributed by atoms with E-state index in [9.17, 15) is 9.59 Å². The van der Waals surface area contributed by atoms with Crippen LogP contribution in [-0.4, -0.2) is 36.5 Å². The number of hydrogen-bond acceptors (Lipinski definition) is 4. The number of methoxy groups -OCH3 is 2. The van der Waals surface area contributed by atoms with Crippen molar-refractivity contribution in [2.75, 3.05) is 14.2 Å². The van der Waals surface area contributed by atoms with Crippen LogP contribution in [0.3, 0.4) is 0 Å². The first-order chi connectivity index (χ1) is 16.4. The zero-order valence-electron chi connectivity index (χ0n) is 20.1. The summed E-state index contributed by atoms with van der Waals surface area (Å²) in [5.74, 6) is 0.903. The lowest BCUT2D eigenvalue weighted by Gasteiger charge is -2.44. The molecule has 0 unspecified atom stereocenters. The number of nitrogens with one attached hydrogen (secondary N) is 1. The van der Waals surface area contributed by atoms with Gasteiger partial charge in [-0.05, 0) is 54.3 Å². The highest BCUT2D eigenvalue weighted by atomic mass is 16.5. The van der Waals surface area contributed by atoms with Gasteiger partial charge in [-0.2, -0.15) is 0 Å². The van der Waals surface area contributed by atoms with E-state index < -0.39 is 5.54 Å². The van der Waals surface area contributed by atoms with Crippen molar-refractivity contribution < 1.29 is 19.1 Å². The number of aryl methyl sites for hydroxylation is 1. The number of hydrogen-bond donors (Lipinski definition) is 1. The van der Waals surface area contributed by atoms with Crippen LogP contribution in [-0.2, 0) is 24.3 Å². The molecule has 0 bridgehead atoms. The number of nitrogens with zero attached hydrogens (tertiary/aromatic N) is 1. The first-order valence-electron chi connectivity index (χ1n) is 11.3. The summed E-state index contributed by atoms with van der Waals surface area (Å²) >= 11 is 0. The third kappa shape index (κ3) is 4.49. The molecule has 0 fully saturated rings. The van der Waals surface area contributed by atoms with Gasteiger partial charge in [0.05, 0.1) is 14.2 Å². The molecule has 6 nitrogen and oxygen atoms in total. The normalized spacial score (nSPS) is 17.2. The summed E-state index contributed by atoms with van der Waals surface area (Å²) in [7, 11) is 3.17. The quantitative estimate of drug-likeness (QED) is 0.574. The highest BCUT2D eigenvalue weighted by molar-refractivity contribution is 6.02. The topological polar surface area (TPSA) is 67.9 Å². The summed E-state index contributed by atoms with van der Waals surface area (Å²) in [6.07, 6.45) is 0.426. The molecule has 0 aliphatic carbocycles. The van der Waals surface area contributed by atoms with Crippen LogP contribution in [0, 0.1) is 6.92 Å². The maximum absolute atomic E-state index is 13.7. The number of amides is 2. The second-order valence-electron chi connectivity index (χ2n) is 8.83. The average molecular weight is 459 g/mol. The van der Waals surface area contributed by atoms with Gasteiger partial charge in [0, 0.05) is 31.1 Å². The van der Waals surface area contributed by atoms with Crippen LogP contribution in [0.15, 0.2) is 66.7 Å². The number of rotatable bonds is 7. The molecule has 0 radical (unpaired) electrons. The van der Waals surface area contributed by atoms with E-state index in [1.807, 2.05) is 74.5 Å². The number of fused-ring (bicyclic) bond motifs is 1. The lowest BCUT2D eigenvalue weighted by molar-refractivity contribution is -0.132. The van der Waals surface area contributed by atoms with Crippen LogP contribution in [0.2, 0.25) is 0 Å². The summed E-state index contributed by atoms with van der Waals surface area (Å²) in [6, 6.07) is 21.0. The summed E-state index contributed by atoms with van der Waals surface area (Å²) < 4.78 is 10.8. The molecule has 176 valence electrons. The van der Waals surface area contributed by atoms with Crippen LogP contribution in [0.4, 0.5) is 0 Å². The lowest BCUT2D eigenvalue weighted by Crippen LogP contribution is -2.62. The first-order valence-corrected chi connectivity index (χ1v) is 11.3. The summed E-state index contributed by atoms with van der Waals surface area (Å²) in [6.45, 7) is 4.50. The van der Waals surface area contributed by atoms with Crippen molar-refractivity contribution >= 4 is 11.8 Å². The van der Waals surface area contributed by atoms with Crippen molar-refractivity contribution in [1.82, 2.24) is 10.2 Å². The fourth-order valence-corrected chi connectivity index (χ4v) is 4.48. The third-order valence-corrected chi connectivity index (χ3v) is 6.57. The zero-order valence-corrected chi connectivity index (χ0v) is 20.1. The number of carbonyl (C=O) groups excluding carboxylic acids is 2. The first kappa shape index (κ1) is 23.4. The maximum atomic E-state index is 13.7. The lowest BCUT2D eigenvalue weighted by atomic mass is 9.82. The van der Waals surface area contributed by atoms with Gasteiger partial charge in [0.25, 0.3) is 5.91 Å². The van der Waals surface area contributed by atoms with Crippen LogP contribution < -0.4 is 14.8 Å². The second-order valence-corrected chi connectivity index (χ2v) is 8.83. The van der Waals surface area contributed by atoms with E-state index in [1.54, 1.807) is 25.2 Å². The van der Waals surface area contributed by atoms with Gasteiger partial charge >= 0.3 is 0 Å². The van der Waals surface area contributed by atoms with Crippen LogP contribution >= 0.6 is 0 Å². The third-order valence-electron chi connectivity index (χ3n) is 6.57. The molecule has 0 saturated heterocycles. The smallest absolute Gasteiger partial charge is 0.255 e. The Hall–Kier alpha value is -3.80. The molecule has 4 rings (SSSR count). The summed E-state index contributed by atoms with van der Waals surface area (Å²) in [4.78, 5) is 29.0. The molecule has 0 saturated carbocycles. The Kier molecular flexibility index (Phi) is 6.59. The summed E-state index contributed by atoms with van der Waals surface area (Å²) in [5, 5.41) is 3.08. The highest BCUT2D eigenvalue weighted by Gasteiger charge is 2.46. The van der Waals surface area contributed by atoms with Gasteiger partial charge in [-0.1, -0.05) is 42.5 Å². The van der Waals surface area contributed by atoms with Crippen molar-refractivity contribution in [3.05, 3.63) is 94.5 Å². The molecule has 0 spiro atoms. The summed E-state index contributed by atoms with van der Waals surface area (Å²) in [5.41, 5.74) is 3.41. The number of benzene rings is 3. The van der Waals surface area contributed by atoms with Gasteiger partial charge in [-0.25, -0.2) is 0 Å². The minimum atomic E-state index is -1.07. The Morgan fingerprint density at radius 1 is 1.00 bits per heavy atom. The largest absolute Gasteiger partial charge is 0.497 e. The standard InChI is InChI=1S/C28H30N2O4/c1-19-9-5-6-11-22(19)17-29-27(32)28(2)16-21-10-7-8-12-25(21)26(31)30(28)18-20-13-23(33-3)15-24(14-20)34-4/h5-15H,16-18H2,1-4H3,(H,29,32)/t28-/m0/s1. The molecule has 1 heterocycles. The van der Waals surface area contributed by atoms with Gasteiger partial charge in [0.15, 0.2) is 0 Å². The highest BCUT2D eigenvalue weighted by Crippen LogP contribution is 2.34. The minimum absolute atomic E-state index is 0.169. The number of ether oxygens (including phenoxy) is 2. The van der Waals surface area contributed by atoms with E-state index >= 15 is 0 Å². The van der Waals surface area contributed by atoms with Crippen molar-refractivity contribution in [3.8, 4) is 11.5 Å². The average Bonchev–Trinajstić information content (AvgIpc) is 2.85. The molecule has 2 amide bonds. The second kappa shape index (κ2) is 9.59. The van der Waals surface area contributed by atoms with E-state index in [-0.39, 0.29) is 18.4 Å². The molecule has 1 aliphatic heterocycles. The van der Waals surface area contributed by atoms with Gasteiger partial charge < -0.3 is 19.7 Å². The molecule has 34 heavy (non-hydrogen) atoms. The van der Waals surface area contributed by atoms with Gasteiger partial charge in [0.2, 0.25) is 5.91 Å². The molecule has 1 atom stereocenters. The van der Waals surface area contributed by atoms with E-state index in [2.05, 4.69) is 5.32 Å². The van der Waals surface area contributed by atoms with Crippen LogP contribution in [0.5, 0.6) is 11.5 Å². The fourth-order valence-electron chi connectivity index (χ4n) is 4.48. The van der Waals surface area contributed by atoms with Crippen molar-refractivity contribution in [2.24, 2.45) is 0 Å². The number of carbonyl (C=O) groups is 2. The molecule has 1 N–H and O–H groups in total. The molecule has 3 aromatic rings. The molecule has 6 heteroatoms. The maximum Gasteiger partial charge on any atom is 0.255 e. The molecular formula is C28H30N2O4. The van der Waals surface area contributed by atoms with Crippen LogP contribution in [0.1, 0.15) is 39.5 Å². The van der Waals surface area contributed by atoms with Crippen LogP contribution in [0.25, 0.3) is 0 Å². The SMILES string of the molecule is COc1cc(CN2C(=O)c3ccccc3C[C@@]2(C)C(=O)NCc2ccccc2C)cc(OC)c1. The predicted molar refractivity (Wildman–Crippen MR) is 131 cm³/mol. The Morgan fingerprint density at radius 2 is 1.65 bits per heavy atom. The van der Waals surface area contributed by atoms with Gasteiger partial charge in [-0.15, -0.1) is 0 Å². The fraction of sp³-hybridized carbons (Fsp3) is 0.286. The van der Waals surface area contributed by atoms with E-state index in [0.717, 1.165) is 22.3 Å². The van der Waals surface area contributed by atoms with Crippen molar-refractivity contribution in [2.45, 2.75) is 38.9 Å². The molecule has 1 aliphatic rings. The van der Waals surface area contributed by atoms with Gasteiger partial charge in [-0.3, -0.25) is 9.59 Å². The molecular weight excluding hydrogens is 428 g/mol. The predicted octanol–water partition coefficient (Wildman–Crippen LogP) is 4.29. The van der Waals surface area contributed by atoms with Gasteiger partial charge in [0.1, 0.15) is 17.0 Å². The van der Waals surface area contributed by atoms with Crippen molar-refractivity contribution in [3.63, 3.8) is 0 Å². The van der Waals surface area contributed by atoms with E-state index in [1.165, 1.54) is 0 Å². The minimum Gasteiger partial charge on any atom is -0.497 e. The molecule has 3 aromatic carbocycles. The van der Waals surface area contributed by atoms with E-state index in [0.29, 0.717) is 30.0 Å². The zero-order chi connectivity index (χ0) is 24.3.